The minimum absolute atomic E-state index is 0.0687. The Morgan fingerprint density at radius 1 is 0.878 bits per heavy atom. The number of fused-ring (bicyclic) bond motifs is 4. The van der Waals surface area contributed by atoms with Crippen molar-refractivity contribution >= 4 is 28.6 Å². The van der Waals surface area contributed by atoms with Crippen molar-refractivity contribution in [2.75, 3.05) is 11.9 Å². The maximum atomic E-state index is 13.5. The quantitative estimate of drug-likeness (QED) is 0.191. The summed E-state index contributed by atoms with van der Waals surface area (Å²) in [6, 6.07) is 30.9. The van der Waals surface area contributed by atoms with Gasteiger partial charge in [0.05, 0.1) is 0 Å². The predicted octanol–water partition coefficient (Wildman–Crippen LogP) is 6.02. The fraction of sp³-hybridized carbons (Fsp3) is 0.176. The number of amides is 2. The average Bonchev–Trinajstić information content (AvgIpc) is 3.52. The van der Waals surface area contributed by atoms with Crippen molar-refractivity contribution in [3.8, 4) is 11.1 Å². The van der Waals surface area contributed by atoms with E-state index >= 15 is 0 Å². The van der Waals surface area contributed by atoms with Gasteiger partial charge in [-0.05, 0) is 64.6 Å². The number of benzene rings is 4. The van der Waals surface area contributed by atoms with E-state index in [4.69, 9.17) is 10.5 Å². The SMILES string of the molecule is Cc1cc2cc(NC(=O)[C@H](Cc3ccc(CN)cc3)NC(=O)OCC3c4ccccc4-c4ccccc43)ccc2[nH]1. The standard InChI is InChI=1S/C34H32N4O3/c1-21-16-24-18-25(14-15-31(24)36-21)37-33(39)32(17-22-10-12-23(19-35)13-11-22)38-34(40)41-20-30-28-8-4-2-6-26(28)27-7-3-5-9-29(27)30/h2-16,18,30,32,36H,17,19-20,35H2,1H3,(H,37,39)(H,38,40)/t32-/m0/s1. The lowest BCUT2D eigenvalue weighted by Crippen LogP contribution is -2.45. The Kier molecular flexibility index (Phi) is 7.27. The number of nitrogens with one attached hydrogen (secondary N) is 3. The van der Waals surface area contributed by atoms with Crippen LogP contribution < -0.4 is 16.4 Å². The Morgan fingerprint density at radius 3 is 2.22 bits per heavy atom. The summed E-state index contributed by atoms with van der Waals surface area (Å²) in [4.78, 5) is 29.9. The summed E-state index contributed by atoms with van der Waals surface area (Å²) in [5.41, 5.74) is 14.9. The number of hydrogen-bond acceptors (Lipinski definition) is 4. The number of aromatic nitrogens is 1. The molecule has 1 aliphatic rings. The van der Waals surface area contributed by atoms with E-state index in [1.807, 2.05) is 79.7 Å². The normalized spacial score (nSPS) is 12.9. The lowest BCUT2D eigenvalue weighted by atomic mass is 9.98. The van der Waals surface area contributed by atoms with Crippen molar-refractivity contribution in [3.63, 3.8) is 0 Å². The van der Waals surface area contributed by atoms with Crippen LogP contribution in [0.5, 0.6) is 0 Å². The van der Waals surface area contributed by atoms with Gasteiger partial charge in [-0.1, -0.05) is 72.8 Å². The molecule has 41 heavy (non-hydrogen) atoms. The Balaban J connectivity index is 1.18. The lowest BCUT2D eigenvalue weighted by Gasteiger charge is -2.20. The maximum Gasteiger partial charge on any atom is 0.407 e. The number of nitrogens with two attached hydrogens (primary N) is 1. The molecule has 2 amide bonds. The summed E-state index contributed by atoms with van der Waals surface area (Å²) in [5, 5.41) is 6.79. The minimum Gasteiger partial charge on any atom is -0.449 e. The summed E-state index contributed by atoms with van der Waals surface area (Å²) in [6.07, 6.45) is -0.339. The first-order valence-electron chi connectivity index (χ1n) is 13.8. The molecule has 0 saturated carbocycles. The Morgan fingerprint density at radius 2 is 1.54 bits per heavy atom. The van der Waals surface area contributed by atoms with Crippen molar-refractivity contribution in [3.05, 3.63) is 125 Å². The van der Waals surface area contributed by atoms with E-state index in [1.54, 1.807) is 0 Å². The van der Waals surface area contributed by atoms with Crippen LogP contribution in [0.2, 0.25) is 0 Å². The summed E-state index contributed by atoms with van der Waals surface area (Å²) in [6.45, 7) is 2.59. The van der Waals surface area contributed by atoms with Gasteiger partial charge in [-0.25, -0.2) is 4.79 Å². The highest BCUT2D eigenvalue weighted by atomic mass is 16.5. The maximum absolute atomic E-state index is 13.5. The van der Waals surface area contributed by atoms with Gasteiger partial charge in [-0.2, -0.15) is 0 Å². The number of alkyl carbamates (subject to hydrolysis) is 1. The zero-order valence-corrected chi connectivity index (χ0v) is 22.8. The van der Waals surface area contributed by atoms with E-state index in [9.17, 15) is 9.59 Å². The largest absolute Gasteiger partial charge is 0.449 e. The first-order chi connectivity index (χ1) is 20.0. The number of carbonyl (C=O) groups excluding carboxylic acids is 2. The molecule has 206 valence electrons. The molecule has 0 bridgehead atoms. The van der Waals surface area contributed by atoms with Gasteiger partial charge in [0.2, 0.25) is 5.91 Å². The van der Waals surface area contributed by atoms with Crippen molar-refractivity contribution in [2.45, 2.75) is 31.8 Å². The molecule has 0 saturated heterocycles. The molecule has 0 aliphatic heterocycles. The van der Waals surface area contributed by atoms with E-state index in [2.05, 4.69) is 39.9 Å². The minimum atomic E-state index is -0.849. The van der Waals surface area contributed by atoms with Crippen LogP contribution >= 0.6 is 0 Å². The summed E-state index contributed by atoms with van der Waals surface area (Å²) < 4.78 is 5.75. The fourth-order valence-electron chi connectivity index (χ4n) is 5.62. The number of carbonyl (C=O) groups is 2. The van der Waals surface area contributed by atoms with Gasteiger partial charge in [0, 0.05) is 41.2 Å². The molecular formula is C34H32N4O3. The van der Waals surface area contributed by atoms with E-state index < -0.39 is 12.1 Å². The van der Waals surface area contributed by atoms with Crippen molar-refractivity contribution in [2.24, 2.45) is 5.73 Å². The Bertz CT molecular complexity index is 1680. The second-order valence-corrected chi connectivity index (χ2v) is 10.5. The second-order valence-electron chi connectivity index (χ2n) is 10.5. The van der Waals surface area contributed by atoms with Crippen molar-refractivity contribution in [1.29, 1.82) is 0 Å². The molecule has 5 aromatic rings. The smallest absolute Gasteiger partial charge is 0.407 e. The molecule has 5 N–H and O–H groups in total. The number of anilines is 1. The number of aromatic amines is 1. The molecule has 7 nitrogen and oxygen atoms in total. The number of rotatable bonds is 8. The summed E-state index contributed by atoms with van der Waals surface area (Å²) in [7, 11) is 0. The third-order valence-corrected chi connectivity index (χ3v) is 7.67. The molecule has 1 heterocycles. The van der Waals surface area contributed by atoms with Gasteiger partial charge in [0.15, 0.2) is 0 Å². The molecule has 6 rings (SSSR count). The van der Waals surface area contributed by atoms with Crippen LogP contribution in [0.4, 0.5) is 10.5 Å². The third kappa shape index (κ3) is 5.58. The molecule has 0 unspecified atom stereocenters. The molecule has 0 fully saturated rings. The number of aryl methyl sites for hydroxylation is 1. The molecule has 1 aromatic heterocycles. The molecule has 1 atom stereocenters. The van der Waals surface area contributed by atoms with Crippen LogP contribution in [0, 0.1) is 6.92 Å². The zero-order chi connectivity index (χ0) is 28.3. The van der Waals surface area contributed by atoms with Gasteiger partial charge in [0.1, 0.15) is 12.6 Å². The number of H-pyrrole nitrogens is 1. The molecular weight excluding hydrogens is 512 g/mol. The first kappa shape index (κ1) is 26.3. The van der Waals surface area contributed by atoms with E-state index in [0.29, 0.717) is 18.7 Å². The highest BCUT2D eigenvalue weighted by Gasteiger charge is 2.30. The highest BCUT2D eigenvalue weighted by Crippen LogP contribution is 2.44. The van der Waals surface area contributed by atoms with Crippen LogP contribution in [-0.2, 0) is 22.5 Å². The Hall–Kier alpha value is -4.88. The monoisotopic (exact) mass is 544 g/mol. The molecule has 4 aromatic carbocycles. The van der Waals surface area contributed by atoms with Crippen LogP contribution in [0.25, 0.3) is 22.0 Å². The predicted molar refractivity (Wildman–Crippen MR) is 162 cm³/mol. The summed E-state index contributed by atoms with van der Waals surface area (Å²) in [5.74, 6) is -0.395. The summed E-state index contributed by atoms with van der Waals surface area (Å²) >= 11 is 0. The van der Waals surface area contributed by atoms with E-state index in [0.717, 1.165) is 50.0 Å². The van der Waals surface area contributed by atoms with Gasteiger partial charge < -0.3 is 26.1 Å². The second kappa shape index (κ2) is 11.3. The van der Waals surface area contributed by atoms with Crippen molar-refractivity contribution < 1.29 is 14.3 Å². The fourth-order valence-corrected chi connectivity index (χ4v) is 5.62. The molecule has 0 spiro atoms. The van der Waals surface area contributed by atoms with Gasteiger partial charge in [0.25, 0.3) is 0 Å². The molecule has 0 radical (unpaired) electrons. The van der Waals surface area contributed by atoms with Crippen LogP contribution in [-0.4, -0.2) is 29.6 Å². The molecule has 1 aliphatic carbocycles. The number of hydrogen-bond donors (Lipinski definition) is 4. The van der Waals surface area contributed by atoms with Crippen LogP contribution in [0.1, 0.15) is 33.9 Å². The molecule has 7 heteroatoms. The van der Waals surface area contributed by atoms with E-state index in [-0.39, 0.29) is 18.4 Å². The van der Waals surface area contributed by atoms with Gasteiger partial charge in [-0.15, -0.1) is 0 Å². The van der Waals surface area contributed by atoms with Crippen molar-refractivity contribution in [1.82, 2.24) is 10.3 Å². The number of ether oxygens (including phenoxy) is 1. The van der Waals surface area contributed by atoms with Gasteiger partial charge in [-0.3, -0.25) is 4.79 Å². The first-order valence-corrected chi connectivity index (χ1v) is 13.8. The van der Waals surface area contributed by atoms with E-state index in [1.165, 1.54) is 0 Å². The van der Waals surface area contributed by atoms with Gasteiger partial charge >= 0.3 is 6.09 Å². The highest BCUT2D eigenvalue weighted by molar-refractivity contribution is 5.98. The zero-order valence-electron chi connectivity index (χ0n) is 22.8. The Labute approximate surface area is 238 Å². The average molecular weight is 545 g/mol. The van der Waals surface area contributed by atoms with Crippen LogP contribution in [0.3, 0.4) is 0 Å². The topological polar surface area (TPSA) is 109 Å². The lowest BCUT2D eigenvalue weighted by molar-refractivity contribution is -0.118. The van der Waals surface area contributed by atoms with Crippen LogP contribution in [0.15, 0.2) is 97.1 Å². The third-order valence-electron chi connectivity index (χ3n) is 7.67.